The van der Waals surface area contributed by atoms with Crippen LogP contribution in [0.1, 0.15) is 19.8 Å². The van der Waals surface area contributed by atoms with Crippen molar-refractivity contribution in [2.45, 2.75) is 19.8 Å². The van der Waals surface area contributed by atoms with Crippen molar-refractivity contribution in [1.29, 1.82) is 0 Å². The molecule has 0 aliphatic heterocycles. The Labute approximate surface area is 50.8 Å². The normalized spacial score (nSPS) is 10.8. The third kappa shape index (κ3) is 5.63. The molecule has 0 saturated heterocycles. The first-order valence-electron chi connectivity index (χ1n) is 3.10. The second-order valence-corrected chi connectivity index (χ2v) is 1.64. The SMILES string of the molecule is CCC=NCCCN. The van der Waals surface area contributed by atoms with Crippen LogP contribution in [-0.2, 0) is 0 Å². The molecule has 2 nitrogen and oxygen atoms in total. The minimum Gasteiger partial charge on any atom is -0.330 e. The number of hydrogen-bond donors (Lipinski definition) is 1. The molecule has 0 fully saturated rings. The Morgan fingerprint density at radius 2 is 2.38 bits per heavy atom. The highest BCUT2D eigenvalue weighted by atomic mass is 14.7. The van der Waals surface area contributed by atoms with E-state index in [-0.39, 0.29) is 0 Å². The quantitative estimate of drug-likeness (QED) is 0.426. The van der Waals surface area contributed by atoms with Crippen molar-refractivity contribution in [2.24, 2.45) is 10.7 Å². The number of nitrogens with two attached hydrogens (primary N) is 1. The zero-order valence-corrected chi connectivity index (χ0v) is 5.43. The lowest BCUT2D eigenvalue weighted by Gasteiger charge is -1.86. The molecule has 0 spiro atoms. The van der Waals surface area contributed by atoms with E-state index in [0.717, 1.165) is 25.9 Å². The third-order valence-electron chi connectivity index (χ3n) is 0.803. The van der Waals surface area contributed by atoms with Gasteiger partial charge in [-0.05, 0) is 25.6 Å². The number of hydrogen-bond acceptors (Lipinski definition) is 2. The predicted molar refractivity (Wildman–Crippen MR) is 37.3 cm³/mol. The van der Waals surface area contributed by atoms with Gasteiger partial charge in [0, 0.05) is 6.54 Å². The summed E-state index contributed by atoms with van der Waals surface area (Å²) in [4.78, 5) is 4.07. The Kier molecular flexibility index (Phi) is 6.32. The molecule has 0 aromatic heterocycles. The maximum Gasteiger partial charge on any atom is 0.0397 e. The summed E-state index contributed by atoms with van der Waals surface area (Å²) in [5.41, 5.74) is 5.24. The van der Waals surface area contributed by atoms with E-state index in [1.807, 2.05) is 6.21 Å². The zero-order valence-electron chi connectivity index (χ0n) is 5.43. The van der Waals surface area contributed by atoms with E-state index >= 15 is 0 Å². The van der Waals surface area contributed by atoms with Crippen LogP contribution in [0, 0.1) is 0 Å². The Morgan fingerprint density at radius 3 is 2.88 bits per heavy atom. The van der Waals surface area contributed by atoms with Crippen LogP contribution < -0.4 is 5.73 Å². The van der Waals surface area contributed by atoms with Crippen LogP contribution in [0.2, 0.25) is 0 Å². The van der Waals surface area contributed by atoms with Crippen LogP contribution in [0.5, 0.6) is 0 Å². The molecule has 0 heterocycles. The summed E-state index contributed by atoms with van der Waals surface area (Å²) in [6.07, 6.45) is 3.97. The van der Waals surface area contributed by atoms with Crippen LogP contribution in [0.15, 0.2) is 4.99 Å². The first-order valence-corrected chi connectivity index (χ1v) is 3.10. The van der Waals surface area contributed by atoms with E-state index in [0.29, 0.717) is 0 Å². The molecular formula is C6H14N2. The largest absolute Gasteiger partial charge is 0.330 e. The predicted octanol–water partition coefficient (Wildman–Crippen LogP) is 0.816. The van der Waals surface area contributed by atoms with Gasteiger partial charge in [0.2, 0.25) is 0 Å². The fraction of sp³-hybridized carbons (Fsp3) is 0.833. The summed E-state index contributed by atoms with van der Waals surface area (Å²) in [6, 6.07) is 0. The minimum atomic E-state index is 0.751. The average molecular weight is 114 g/mol. The third-order valence-corrected chi connectivity index (χ3v) is 0.803. The molecule has 0 aromatic rings. The molecule has 0 bridgehead atoms. The molecule has 2 heteroatoms. The van der Waals surface area contributed by atoms with Crippen molar-refractivity contribution in [3.8, 4) is 0 Å². The molecule has 48 valence electrons. The van der Waals surface area contributed by atoms with Gasteiger partial charge in [-0.1, -0.05) is 6.92 Å². The molecule has 0 aliphatic rings. The van der Waals surface area contributed by atoms with Crippen LogP contribution in [0.3, 0.4) is 0 Å². The highest BCUT2D eigenvalue weighted by Crippen LogP contribution is 1.75. The van der Waals surface area contributed by atoms with E-state index in [1.54, 1.807) is 0 Å². The summed E-state index contributed by atoms with van der Waals surface area (Å²) in [7, 11) is 0. The van der Waals surface area contributed by atoms with Crippen molar-refractivity contribution in [1.82, 2.24) is 0 Å². The van der Waals surface area contributed by atoms with Gasteiger partial charge >= 0.3 is 0 Å². The fourth-order valence-electron chi connectivity index (χ4n) is 0.403. The molecule has 0 aromatic carbocycles. The van der Waals surface area contributed by atoms with Crippen molar-refractivity contribution in [2.75, 3.05) is 13.1 Å². The first kappa shape index (κ1) is 7.63. The number of aliphatic imine (C=N–C) groups is 1. The first-order chi connectivity index (χ1) is 3.91. The van der Waals surface area contributed by atoms with Crippen molar-refractivity contribution in [3.63, 3.8) is 0 Å². The maximum atomic E-state index is 5.24. The Balaban J connectivity index is 2.80. The van der Waals surface area contributed by atoms with E-state index in [1.165, 1.54) is 0 Å². The van der Waals surface area contributed by atoms with Gasteiger partial charge in [0.25, 0.3) is 0 Å². The monoisotopic (exact) mass is 114 g/mol. The summed E-state index contributed by atoms with van der Waals surface area (Å²) in [5, 5.41) is 0. The van der Waals surface area contributed by atoms with E-state index in [2.05, 4.69) is 11.9 Å². The molecular weight excluding hydrogens is 100 g/mol. The van der Waals surface area contributed by atoms with Gasteiger partial charge < -0.3 is 5.73 Å². The lowest BCUT2D eigenvalue weighted by atomic mass is 10.4. The summed E-state index contributed by atoms with van der Waals surface area (Å²) < 4.78 is 0. The second kappa shape index (κ2) is 6.63. The van der Waals surface area contributed by atoms with Gasteiger partial charge in [-0.25, -0.2) is 0 Å². The van der Waals surface area contributed by atoms with Gasteiger partial charge in [-0.2, -0.15) is 0 Å². The summed E-state index contributed by atoms with van der Waals surface area (Å²) >= 11 is 0. The van der Waals surface area contributed by atoms with Crippen LogP contribution in [0.4, 0.5) is 0 Å². The van der Waals surface area contributed by atoms with E-state index in [9.17, 15) is 0 Å². The van der Waals surface area contributed by atoms with Gasteiger partial charge in [0.1, 0.15) is 0 Å². The molecule has 0 saturated carbocycles. The topological polar surface area (TPSA) is 38.4 Å². The highest BCUT2D eigenvalue weighted by Gasteiger charge is 1.74. The van der Waals surface area contributed by atoms with Gasteiger partial charge in [0.15, 0.2) is 0 Å². The van der Waals surface area contributed by atoms with Gasteiger partial charge in [0.05, 0.1) is 0 Å². The smallest absolute Gasteiger partial charge is 0.0397 e. The highest BCUT2D eigenvalue weighted by molar-refractivity contribution is 5.56. The van der Waals surface area contributed by atoms with Gasteiger partial charge in [-0.15, -0.1) is 0 Å². The van der Waals surface area contributed by atoms with Crippen LogP contribution in [0.25, 0.3) is 0 Å². The Hall–Kier alpha value is -0.370. The molecule has 8 heavy (non-hydrogen) atoms. The number of nitrogens with zero attached hydrogens (tertiary/aromatic N) is 1. The zero-order chi connectivity index (χ0) is 6.24. The lowest BCUT2D eigenvalue weighted by molar-refractivity contribution is 0.845. The molecule has 0 atom stereocenters. The Morgan fingerprint density at radius 1 is 1.62 bits per heavy atom. The Bertz CT molecular complexity index is 59.5. The van der Waals surface area contributed by atoms with Crippen molar-refractivity contribution < 1.29 is 0 Å². The number of rotatable bonds is 4. The summed E-state index contributed by atoms with van der Waals surface area (Å²) in [5.74, 6) is 0. The summed E-state index contributed by atoms with van der Waals surface area (Å²) in [6.45, 7) is 3.72. The maximum absolute atomic E-state index is 5.24. The second-order valence-electron chi connectivity index (χ2n) is 1.64. The molecule has 0 amide bonds. The molecule has 0 rings (SSSR count). The lowest BCUT2D eigenvalue weighted by Crippen LogP contribution is -1.99. The van der Waals surface area contributed by atoms with E-state index in [4.69, 9.17) is 5.73 Å². The van der Waals surface area contributed by atoms with Crippen molar-refractivity contribution >= 4 is 6.21 Å². The molecule has 2 N–H and O–H groups in total. The average Bonchev–Trinajstić information content (AvgIpc) is 1.81. The fourth-order valence-corrected chi connectivity index (χ4v) is 0.403. The minimum absolute atomic E-state index is 0.751. The van der Waals surface area contributed by atoms with Crippen LogP contribution >= 0.6 is 0 Å². The van der Waals surface area contributed by atoms with Gasteiger partial charge in [-0.3, -0.25) is 4.99 Å². The van der Waals surface area contributed by atoms with E-state index < -0.39 is 0 Å². The standard InChI is InChI=1S/C6H14N2/c1-2-5-8-6-3-4-7/h5H,2-4,6-7H2,1H3. The molecule has 0 unspecified atom stereocenters. The molecule has 0 aliphatic carbocycles. The van der Waals surface area contributed by atoms with Crippen molar-refractivity contribution in [3.05, 3.63) is 0 Å². The van der Waals surface area contributed by atoms with Crippen LogP contribution in [-0.4, -0.2) is 19.3 Å². The molecule has 0 radical (unpaired) electrons.